The number of morpholine rings is 1. The maximum absolute atomic E-state index is 9.99. The van der Waals surface area contributed by atoms with Gasteiger partial charge in [0.05, 0.1) is 13.2 Å². The highest BCUT2D eigenvalue weighted by Crippen LogP contribution is 2.22. The molecule has 1 rings (SSSR count). The highest BCUT2D eigenvalue weighted by molar-refractivity contribution is 4.80. The maximum atomic E-state index is 9.99. The molecule has 0 aromatic carbocycles. The average molecular weight is 188 g/mol. The maximum Gasteiger partial charge on any atom is 0.113 e. The van der Waals surface area contributed by atoms with Crippen LogP contribution >= 0.6 is 0 Å². The summed E-state index contributed by atoms with van der Waals surface area (Å²) >= 11 is 0. The molecule has 0 radical (unpaired) electrons. The van der Waals surface area contributed by atoms with E-state index >= 15 is 0 Å². The second kappa shape index (κ2) is 4.37. The van der Waals surface area contributed by atoms with Gasteiger partial charge in [0, 0.05) is 25.0 Å². The van der Waals surface area contributed by atoms with E-state index in [1.165, 1.54) is 0 Å². The summed E-state index contributed by atoms with van der Waals surface area (Å²) in [6.45, 7) is 7.45. The van der Waals surface area contributed by atoms with Gasteiger partial charge in [-0.3, -0.25) is 4.90 Å². The van der Waals surface area contributed by atoms with Crippen LogP contribution in [0.1, 0.15) is 13.8 Å². The Morgan fingerprint density at radius 1 is 1.46 bits per heavy atom. The van der Waals surface area contributed by atoms with Gasteiger partial charge in [-0.15, -0.1) is 0 Å². The number of hydrogen-bond acceptors (Lipinski definition) is 4. The predicted molar refractivity (Wildman–Crippen MR) is 51.2 cm³/mol. The third-order valence-electron chi connectivity index (χ3n) is 2.62. The number of nitrogens with two attached hydrogens (primary N) is 1. The molecule has 3 N–H and O–H groups in total. The third-order valence-corrected chi connectivity index (χ3v) is 2.62. The van der Waals surface area contributed by atoms with Gasteiger partial charge in [-0.05, 0) is 0 Å². The summed E-state index contributed by atoms with van der Waals surface area (Å²) in [5.41, 5.74) is 5.36. The van der Waals surface area contributed by atoms with Gasteiger partial charge in [-0.2, -0.15) is 0 Å². The van der Waals surface area contributed by atoms with Crippen LogP contribution in [-0.2, 0) is 4.74 Å². The van der Waals surface area contributed by atoms with Crippen LogP contribution in [0.25, 0.3) is 0 Å². The number of nitrogens with zero attached hydrogens (tertiary/aromatic N) is 1. The highest BCUT2D eigenvalue weighted by atomic mass is 16.5. The van der Waals surface area contributed by atoms with E-state index in [9.17, 15) is 5.11 Å². The van der Waals surface area contributed by atoms with Crippen LogP contribution in [0.5, 0.6) is 0 Å². The van der Waals surface area contributed by atoms with Crippen LogP contribution in [0.2, 0.25) is 0 Å². The lowest BCUT2D eigenvalue weighted by Crippen LogP contribution is -2.52. The zero-order chi connectivity index (χ0) is 9.90. The third kappa shape index (κ3) is 2.64. The van der Waals surface area contributed by atoms with E-state index in [1.807, 2.05) is 18.7 Å². The van der Waals surface area contributed by atoms with Crippen LogP contribution in [-0.4, -0.2) is 49.1 Å². The molecule has 4 nitrogen and oxygen atoms in total. The standard InChI is InChI=1S/C9H20N2O2/c1-9(2,7-10)8(12)11-3-5-13-6-4-11/h8,12H,3-7,10H2,1-2H3. The molecule has 0 bridgehead atoms. The molecule has 13 heavy (non-hydrogen) atoms. The van der Waals surface area contributed by atoms with E-state index < -0.39 is 6.23 Å². The molecule has 0 spiro atoms. The van der Waals surface area contributed by atoms with E-state index in [4.69, 9.17) is 10.5 Å². The van der Waals surface area contributed by atoms with Crippen LogP contribution in [0.15, 0.2) is 0 Å². The molecule has 1 fully saturated rings. The summed E-state index contributed by atoms with van der Waals surface area (Å²) in [4.78, 5) is 2.02. The Morgan fingerprint density at radius 2 is 2.00 bits per heavy atom. The van der Waals surface area contributed by atoms with Gasteiger partial charge < -0.3 is 15.6 Å². The summed E-state index contributed by atoms with van der Waals surface area (Å²) in [6, 6.07) is 0. The van der Waals surface area contributed by atoms with Gasteiger partial charge in [0.1, 0.15) is 6.23 Å². The number of ether oxygens (including phenoxy) is 1. The Kier molecular flexibility index (Phi) is 3.67. The largest absolute Gasteiger partial charge is 0.379 e. The van der Waals surface area contributed by atoms with E-state index in [0.717, 1.165) is 13.1 Å². The van der Waals surface area contributed by atoms with Crippen LogP contribution in [0, 0.1) is 5.41 Å². The minimum atomic E-state index is -0.457. The molecular formula is C9H20N2O2. The first-order chi connectivity index (χ1) is 6.08. The van der Waals surface area contributed by atoms with Crippen molar-refractivity contribution < 1.29 is 9.84 Å². The summed E-state index contributed by atoms with van der Waals surface area (Å²) in [6.07, 6.45) is -0.457. The van der Waals surface area contributed by atoms with Crippen molar-refractivity contribution in [1.82, 2.24) is 4.90 Å². The highest BCUT2D eigenvalue weighted by Gasteiger charge is 2.32. The van der Waals surface area contributed by atoms with E-state index in [1.54, 1.807) is 0 Å². The van der Waals surface area contributed by atoms with Crippen LogP contribution in [0.3, 0.4) is 0 Å². The van der Waals surface area contributed by atoms with Crippen molar-refractivity contribution in [3.05, 3.63) is 0 Å². The molecule has 0 saturated carbocycles. The van der Waals surface area contributed by atoms with E-state index in [2.05, 4.69) is 0 Å². The molecule has 1 aliphatic heterocycles. The van der Waals surface area contributed by atoms with Gasteiger partial charge in [-0.1, -0.05) is 13.8 Å². The Morgan fingerprint density at radius 3 is 2.46 bits per heavy atom. The summed E-state index contributed by atoms with van der Waals surface area (Å²) < 4.78 is 5.21. The molecule has 1 unspecified atom stereocenters. The van der Waals surface area contributed by atoms with Crippen molar-refractivity contribution in [3.63, 3.8) is 0 Å². The first-order valence-corrected chi connectivity index (χ1v) is 4.78. The van der Waals surface area contributed by atoms with Crippen LogP contribution in [0.4, 0.5) is 0 Å². The Hall–Kier alpha value is -0.160. The molecule has 0 aromatic rings. The Bertz CT molecular complexity index is 156. The van der Waals surface area contributed by atoms with Crippen molar-refractivity contribution in [2.75, 3.05) is 32.8 Å². The topological polar surface area (TPSA) is 58.7 Å². The van der Waals surface area contributed by atoms with E-state index in [-0.39, 0.29) is 5.41 Å². The zero-order valence-electron chi connectivity index (χ0n) is 8.49. The molecule has 1 heterocycles. The average Bonchev–Trinajstić information content (AvgIpc) is 2.18. The molecular weight excluding hydrogens is 168 g/mol. The second-order valence-corrected chi connectivity index (χ2v) is 4.21. The molecule has 1 saturated heterocycles. The minimum absolute atomic E-state index is 0.239. The molecule has 0 aromatic heterocycles. The zero-order valence-corrected chi connectivity index (χ0v) is 8.49. The lowest BCUT2D eigenvalue weighted by Gasteiger charge is -2.39. The van der Waals surface area contributed by atoms with Gasteiger partial charge in [-0.25, -0.2) is 0 Å². The number of aliphatic hydroxyl groups is 1. The van der Waals surface area contributed by atoms with Crippen molar-refractivity contribution in [2.24, 2.45) is 11.1 Å². The fraction of sp³-hybridized carbons (Fsp3) is 1.00. The Balaban J connectivity index is 2.49. The smallest absolute Gasteiger partial charge is 0.113 e. The van der Waals surface area contributed by atoms with Crippen molar-refractivity contribution >= 4 is 0 Å². The first kappa shape index (κ1) is 10.9. The first-order valence-electron chi connectivity index (χ1n) is 4.78. The quantitative estimate of drug-likeness (QED) is 0.634. The van der Waals surface area contributed by atoms with Gasteiger partial charge in [0.25, 0.3) is 0 Å². The van der Waals surface area contributed by atoms with Crippen LogP contribution < -0.4 is 5.73 Å². The SMILES string of the molecule is CC(C)(CN)C(O)N1CCOCC1. The monoisotopic (exact) mass is 188 g/mol. The van der Waals surface area contributed by atoms with E-state index in [0.29, 0.717) is 19.8 Å². The minimum Gasteiger partial charge on any atom is -0.379 e. The molecule has 78 valence electrons. The van der Waals surface area contributed by atoms with Gasteiger partial charge >= 0.3 is 0 Å². The predicted octanol–water partition coefficient (Wildman–Crippen LogP) is -0.378. The summed E-state index contributed by atoms with van der Waals surface area (Å²) in [5, 5.41) is 9.99. The fourth-order valence-corrected chi connectivity index (χ4v) is 1.42. The Labute approximate surface area is 79.7 Å². The van der Waals surface area contributed by atoms with Gasteiger partial charge in [0.2, 0.25) is 0 Å². The number of hydrogen-bond donors (Lipinski definition) is 2. The molecule has 0 amide bonds. The normalized spacial score (nSPS) is 23.1. The second-order valence-electron chi connectivity index (χ2n) is 4.21. The fourth-order valence-electron chi connectivity index (χ4n) is 1.42. The summed E-state index contributed by atoms with van der Waals surface area (Å²) in [5.74, 6) is 0. The molecule has 1 aliphatic rings. The molecule has 4 heteroatoms. The lowest BCUT2D eigenvalue weighted by atomic mass is 9.90. The molecule has 0 aliphatic carbocycles. The van der Waals surface area contributed by atoms with Crippen molar-refractivity contribution in [1.29, 1.82) is 0 Å². The number of rotatable bonds is 3. The molecule has 1 atom stereocenters. The van der Waals surface area contributed by atoms with Crippen molar-refractivity contribution in [3.8, 4) is 0 Å². The number of aliphatic hydroxyl groups excluding tert-OH is 1. The van der Waals surface area contributed by atoms with Crippen molar-refractivity contribution in [2.45, 2.75) is 20.1 Å². The van der Waals surface area contributed by atoms with Gasteiger partial charge in [0.15, 0.2) is 0 Å². The summed E-state index contributed by atoms with van der Waals surface area (Å²) in [7, 11) is 0. The lowest BCUT2D eigenvalue weighted by molar-refractivity contribution is -0.109.